The lowest BCUT2D eigenvalue weighted by Gasteiger charge is -2.31. The average Bonchev–Trinajstić information content (AvgIpc) is 2.28. The third-order valence-electron chi connectivity index (χ3n) is 3.48. The molecule has 9 heteroatoms. The molecule has 0 aromatic rings. The molecule has 1 aliphatic carbocycles. The Balaban J connectivity index is 2.60. The Bertz CT molecular complexity index is 333. The van der Waals surface area contributed by atoms with Gasteiger partial charge in [0.15, 0.2) is 0 Å². The van der Waals surface area contributed by atoms with Crippen LogP contribution in [0.4, 0.5) is 26.3 Å². The van der Waals surface area contributed by atoms with E-state index in [1.807, 2.05) is 12.2 Å². The van der Waals surface area contributed by atoms with Crippen LogP contribution in [0.3, 0.4) is 0 Å². The van der Waals surface area contributed by atoms with Crippen molar-refractivity contribution in [3.8, 4) is 0 Å². The SMILES string of the molecule is CCNC1CCC(NC(=O)C(C(F)(F)F)C(F)(F)F)CC1. The quantitative estimate of drug-likeness (QED) is 0.782. The van der Waals surface area contributed by atoms with Crippen molar-refractivity contribution in [3.05, 3.63) is 0 Å². The fourth-order valence-electron chi connectivity index (χ4n) is 2.50. The van der Waals surface area contributed by atoms with Gasteiger partial charge in [-0.25, -0.2) is 0 Å². The maximum atomic E-state index is 12.4. The molecule has 0 heterocycles. The second kappa shape index (κ2) is 6.85. The first kappa shape index (κ1) is 18.1. The molecule has 0 aromatic heterocycles. The molecule has 0 aliphatic heterocycles. The minimum Gasteiger partial charge on any atom is -0.353 e. The van der Waals surface area contributed by atoms with E-state index in [4.69, 9.17) is 0 Å². The highest BCUT2D eigenvalue weighted by molar-refractivity contribution is 5.80. The summed E-state index contributed by atoms with van der Waals surface area (Å²) in [5.41, 5.74) is 0. The summed E-state index contributed by atoms with van der Waals surface area (Å²) in [4.78, 5) is 11.3. The molecule has 0 spiro atoms. The van der Waals surface area contributed by atoms with Crippen LogP contribution in [-0.4, -0.2) is 36.9 Å². The van der Waals surface area contributed by atoms with E-state index in [1.165, 1.54) is 0 Å². The van der Waals surface area contributed by atoms with Gasteiger partial charge < -0.3 is 10.6 Å². The normalized spacial score (nSPS) is 24.2. The lowest BCUT2D eigenvalue weighted by molar-refractivity contribution is -0.274. The van der Waals surface area contributed by atoms with Gasteiger partial charge in [0, 0.05) is 12.1 Å². The van der Waals surface area contributed by atoms with Gasteiger partial charge in [0.05, 0.1) is 0 Å². The molecule has 0 unspecified atom stereocenters. The standard InChI is InChI=1S/C12H18F6N2O/c1-2-19-7-3-5-8(6-4-7)20-10(21)9(11(13,14)15)12(16,17)18/h7-9,19H,2-6H2,1H3,(H,20,21). The van der Waals surface area contributed by atoms with E-state index in [0.29, 0.717) is 25.7 Å². The molecule has 0 radical (unpaired) electrons. The summed E-state index contributed by atoms with van der Waals surface area (Å²) in [6.45, 7) is 2.65. The Morgan fingerprint density at radius 1 is 1.00 bits per heavy atom. The molecule has 124 valence electrons. The Hall–Kier alpha value is -0.990. The van der Waals surface area contributed by atoms with E-state index >= 15 is 0 Å². The minimum absolute atomic E-state index is 0.198. The maximum Gasteiger partial charge on any atom is 0.409 e. The highest BCUT2D eigenvalue weighted by Gasteiger charge is 2.61. The topological polar surface area (TPSA) is 41.1 Å². The fraction of sp³-hybridized carbons (Fsp3) is 0.917. The first-order valence-electron chi connectivity index (χ1n) is 6.73. The molecular formula is C12H18F6N2O. The number of halogens is 6. The molecule has 0 saturated heterocycles. The molecule has 0 bridgehead atoms. The van der Waals surface area contributed by atoms with Gasteiger partial charge in [-0.3, -0.25) is 4.79 Å². The zero-order chi connectivity index (χ0) is 16.3. The van der Waals surface area contributed by atoms with E-state index in [-0.39, 0.29) is 6.04 Å². The number of alkyl halides is 6. The minimum atomic E-state index is -5.64. The summed E-state index contributed by atoms with van der Waals surface area (Å²) in [7, 11) is 0. The van der Waals surface area contributed by atoms with E-state index in [0.717, 1.165) is 6.54 Å². The van der Waals surface area contributed by atoms with Crippen LogP contribution in [0.5, 0.6) is 0 Å². The van der Waals surface area contributed by atoms with E-state index in [9.17, 15) is 31.1 Å². The number of carbonyl (C=O) groups excluding carboxylic acids is 1. The van der Waals surface area contributed by atoms with Crippen LogP contribution in [0.25, 0.3) is 0 Å². The van der Waals surface area contributed by atoms with E-state index in [1.54, 1.807) is 0 Å². The molecular weight excluding hydrogens is 302 g/mol. The summed E-state index contributed by atoms with van der Waals surface area (Å²) >= 11 is 0. The summed E-state index contributed by atoms with van der Waals surface area (Å²) in [5, 5.41) is 5.04. The number of hydrogen-bond acceptors (Lipinski definition) is 2. The zero-order valence-electron chi connectivity index (χ0n) is 11.4. The summed E-state index contributed by atoms with van der Waals surface area (Å²) in [6, 6.07) is -0.441. The van der Waals surface area contributed by atoms with Gasteiger partial charge in [-0.2, -0.15) is 26.3 Å². The Kier molecular flexibility index (Phi) is 5.89. The summed E-state index contributed by atoms with van der Waals surface area (Å²) < 4.78 is 74.4. The molecule has 1 rings (SSSR count). The van der Waals surface area contributed by atoms with Crippen molar-refractivity contribution < 1.29 is 31.1 Å². The third-order valence-corrected chi connectivity index (χ3v) is 3.48. The molecule has 1 amide bonds. The lowest BCUT2D eigenvalue weighted by atomic mass is 9.90. The molecule has 1 fully saturated rings. The van der Waals surface area contributed by atoms with Crippen LogP contribution >= 0.6 is 0 Å². The number of carbonyl (C=O) groups is 1. The molecule has 3 nitrogen and oxygen atoms in total. The van der Waals surface area contributed by atoms with Crippen molar-refractivity contribution in [3.63, 3.8) is 0 Å². The van der Waals surface area contributed by atoms with Crippen LogP contribution < -0.4 is 10.6 Å². The second-order valence-corrected chi connectivity index (χ2v) is 5.13. The Labute approximate surface area is 118 Å². The number of hydrogen-bond donors (Lipinski definition) is 2. The number of rotatable bonds is 4. The Morgan fingerprint density at radius 3 is 1.81 bits per heavy atom. The van der Waals surface area contributed by atoms with Crippen molar-refractivity contribution in [2.24, 2.45) is 5.92 Å². The first-order chi connectivity index (χ1) is 9.55. The Morgan fingerprint density at radius 2 is 1.43 bits per heavy atom. The van der Waals surface area contributed by atoms with Gasteiger partial charge in [0.25, 0.3) is 0 Å². The summed E-state index contributed by atoms with van der Waals surface area (Å²) in [6.07, 6.45) is -9.31. The largest absolute Gasteiger partial charge is 0.409 e. The predicted molar refractivity (Wildman–Crippen MR) is 63.5 cm³/mol. The van der Waals surface area contributed by atoms with E-state index < -0.39 is 30.2 Å². The van der Waals surface area contributed by atoms with Crippen molar-refractivity contribution >= 4 is 5.91 Å². The molecule has 0 atom stereocenters. The zero-order valence-corrected chi connectivity index (χ0v) is 11.4. The van der Waals surface area contributed by atoms with Crippen molar-refractivity contribution in [1.82, 2.24) is 10.6 Å². The van der Waals surface area contributed by atoms with Crippen molar-refractivity contribution in [2.45, 2.75) is 57.0 Å². The van der Waals surface area contributed by atoms with Crippen LogP contribution in [0.1, 0.15) is 32.6 Å². The smallest absolute Gasteiger partial charge is 0.353 e. The third kappa shape index (κ3) is 5.37. The van der Waals surface area contributed by atoms with Gasteiger partial charge >= 0.3 is 12.4 Å². The number of amides is 1. The number of nitrogens with one attached hydrogen (secondary N) is 2. The molecule has 2 N–H and O–H groups in total. The van der Waals surface area contributed by atoms with Gasteiger partial charge in [-0.15, -0.1) is 0 Å². The molecule has 0 aromatic carbocycles. The van der Waals surface area contributed by atoms with Gasteiger partial charge in [-0.1, -0.05) is 6.92 Å². The van der Waals surface area contributed by atoms with Crippen molar-refractivity contribution in [2.75, 3.05) is 6.54 Å². The van der Waals surface area contributed by atoms with Crippen LogP contribution in [0.15, 0.2) is 0 Å². The van der Waals surface area contributed by atoms with Crippen LogP contribution in [0.2, 0.25) is 0 Å². The first-order valence-corrected chi connectivity index (χ1v) is 6.73. The molecule has 21 heavy (non-hydrogen) atoms. The van der Waals surface area contributed by atoms with Gasteiger partial charge in [-0.05, 0) is 32.2 Å². The maximum absolute atomic E-state index is 12.4. The molecule has 1 aliphatic rings. The molecule has 1 saturated carbocycles. The lowest BCUT2D eigenvalue weighted by Crippen LogP contribution is -2.51. The van der Waals surface area contributed by atoms with Gasteiger partial charge in [0.2, 0.25) is 11.8 Å². The van der Waals surface area contributed by atoms with Crippen LogP contribution in [0, 0.1) is 5.92 Å². The average molecular weight is 320 g/mol. The summed E-state index contributed by atoms with van der Waals surface area (Å²) in [5.74, 6) is -5.97. The van der Waals surface area contributed by atoms with Crippen LogP contribution in [-0.2, 0) is 4.79 Å². The van der Waals surface area contributed by atoms with Gasteiger partial charge in [0.1, 0.15) is 0 Å². The fourth-order valence-corrected chi connectivity index (χ4v) is 2.50. The predicted octanol–water partition coefficient (Wildman–Crippen LogP) is 2.76. The highest BCUT2D eigenvalue weighted by Crippen LogP contribution is 2.39. The van der Waals surface area contributed by atoms with E-state index in [2.05, 4.69) is 5.32 Å². The second-order valence-electron chi connectivity index (χ2n) is 5.13. The highest BCUT2D eigenvalue weighted by atomic mass is 19.4. The monoisotopic (exact) mass is 320 g/mol. The van der Waals surface area contributed by atoms with Crippen molar-refractivity contribution in [1.29, 1.82) is 0 Å².